The van der Waals surface area contributed by atoms with Crippen LogP contribution in [0.2, 0.25) is 0 Å². The van der Waals surface area contributed by atoms with Gasteiger partial charge in [0.25, 0.3) is 5.56 Å². The maximum atomic E-state index is 11.9. The van der Waals surface area contributed by atoms with E-state index in [-0.39, 0.29) is 18.0 Å². The van der Waals surface area contributed by atoms with Gasteiger partial charge in [0, 0.05) is 18.7 Å². The second kappa shape index (κ2) is 7.92. The molecule has 0 aliphatic heterocycles. The minimum Gasteiger partial charge on any atom is -0.463 e. The summed E-state index contributed by atoms with van der Waals surface area (Å²) < 4.78 is 6.58. The number of hydrogen-bond donors (Lipinski definition) is 1. The molecule has 0 saturated carbocycles. The largest absolute Gasteiger partial charge is 0.463 e. The zero-order valence-electron chi connectivity index (χ0n) is 13.5. The third-order valence-corrected chi connectivity index (χ3v) is 3.49. The zero-order chi connectivity index (χ0) is 17.5. The Morgan fingerprint density at radius 2 is 1.96 bits per heavy atom. The quantitative estimate of drug-likeness (QED) is 0.702. The molecule has 3 aromatic rings. The minimum atomic E-state index is -0.232. The predicted molar refractivity (Wildman–Crippen MR) is 94.7 cm³/mol. The van der Waals surface area contributed by atoms with Crippen LogP contribution in [0.3, 0.4) is 0 Å². The minimum absolute atomic E-state index is 0.223. The Bertz CT molecular complexity index is 913. The highest BCUT2D eigenvalue weighted by atomic mass is 16.3. The summed E-state index contributed by atoms with van der Waals surface area (Å²) in [5, 5.41) is 6.98. The Hall–Kier alpha value is -3.41. The first-order chi connectivity index (χ1) is 12.2. The molecule has 2 aromatic heterocycles. The molecule has 0 bridgehead atoms. The van der Waals surface area contributed by atoms with Crippen molar-refractivity contribution in [1.29, 1.82) is 0 Å². The van der Waals surface area contributed by atoms with Gasteiger partial charge in [-0.3, -0.25) is 9.59 Å². The molecule has 0 atom stereocenters. The monoisotopic (exact) mass is 335 g/mol. The van der Waals surface area contributed by atoms with Crippen LogP contribution < -0.4 is 10.9 Å². The highest BCUT2D eigenvalue weighted by Crippen LogP contribution is 2.14. The van der Waals surface area contributed by atoms with Crippen molar-refractivity contribution in [2.24, 2.45) is 0 Å². The van der Waals surface area contributed by atoms with E-state index in [2.05, 4.69) is 10.4 Å². The van der Waals surface area contributed by atoms with Crippen LogP contribution in [0.4, 0.5) is 0 Å². The van der Waals surface area contributed by atoms with E-state index in [0.717, 1.165) is 5.56 Å². The highest BCUT2D eigenvalue weighted by Gasteiger charge is 2.05. The van der Waals surface area contributed by atoms with Gasteiger partial charge in [0.05, 0.1) is 12.8 Å². The molecule has 1 N–H and O–H groups in total. The summed E-state index contributed by atoms with van der Waals surface area (Å²) >= 11 is 0. The van der Waals surface area contributed by atoms with Crippen molar-refractivity contribution in [1.82, 2.24) is 15.1 Å². The molecule has 6 heteroatoms. The first-order valence-corrected chi connectivity index (χ1v) is 7.85. The van der Waals surface area contributed by atoms with Crippen molar-refractivity contribution in [3.63, 3.8) is 0 Å². The normalized spacial score (nSPS) is 10.9. The number of carbonyl (C=O) groups is 1. The maximum absolute atomic E-state index is 11.9. The number of carbonyl (C=O) groups excluding carboxylic acids is 1. The highest BCUT2D eigenvalue weighted by molar-refractivity contribution is 5.91. The molecule has 1 aromatic carbocycles. The van der Waals surface area contributed by atoms with E-state index in [1.165, 1.54) is 16.8 Å². The van der Waals surface area contributed by atoms with E-state index in [0.29, 0.717) is 18.0 Å². The summed E-state index contributed by atoms with van der Waals surface area (Å²) in [6.07, 6.45) is 4.74. The van der Waals surface area contributed by atoms with E-state index in [4.69, 9.17) is 4.42 Å². The van der Waals surface area contributed by atoms with Crippen molar-refractivity contribution in [3.8, 4) is 11.5 Å². The summed E-state index contributed by atoms with van der Waals surface area (Å²) in [4.78, 5) is 23.7. The van der Waals surface area contributed by atoms with Crippen molar-refractivity contribution in [2.45, 2.75) is 6.54 Å². The number of rotatable bonds is 6. The molecule has 126 valence electrons. The molecule has 1 amide bonds. The lowest BCUT2D eigenvalue weighted by molar-refractivity contribution is -0.116. The van der Waals surface area contributed by atoms with E-state index in [1.54, 1.807) is 30.5 Å². The van der Waals surface area contributed by atoms with E-state index >= 15 is 0 Å². The van der Waals surface area contributed by atoms with Crippen LogP contribution in [0.1, 0.15) is 5.56 Å². The van der Waals surface area contributed by atoms with Gasteiger partial charge in [-0.05, 0) is 29.8 Å². The Morgan fingerprint density at radius 1 is 1.12 bits per heavy atom. The molecule has 2 heterocycles. The van der Waals surface area contributed by atoms with Gasteiger partial charge in [-0.25, -0.2) is 4.68 Å². The molecule has 0 saturated heterocycles. The van der Waals surface area contributed by atoms with Crippen molar-refractivity contribution >= 4 is 12.0 Å². The average Bonchev–Trinajstić information content (AvgIpc) is 3.17. The summed E-state index contributed by atoms with van der Waals surface area (Å²) in [6, 6.07) is 16.1. The van der Waals surface area contributed by atoms with Crippen LogP contribution in [0, 0.1) is 0 Å². The fourth-order valence-corrected chi connectivity index (χ4v) is 2.24. The van der Waals surface area contributed by atoms with Crippen molar-refractivity contribution in [3.05, 3.63) is 82.9 Å². The molecule has 0 unspecified atom stereocenters. The summed E-state index contributed by atoms with van der Waals surface area (Å²) in [5.41, 5.74) is 1.28. The van der Waals surface area contributed by atoms with Gasteiger partial charge in [-0.2, -0.15) is 5.10 Å². The molecule has 25 heavy (non-hydrogen) atoms. The van der Waals surface area contributed by atoms with Gasteiger partial charge in [-0.1, -0.05) is 30.3 Å². The smallest absolute Gasteiger partial charge is 0.266 e. The average molecular weight is 335 g/mol. The predicted octanol–water partition coefficient (Wildman–Crippen LogP) is 2.33. The number of aromatic nitrogens is 2. The number of hydrogen-bond acceptors (Lipinski definition) is 4. The zero-order valence-corrected chi connectivity index (χ0v) is 13.5. The Labute approximate surface area is 144 Å². The fraction of sp³-hybridized carbons (Fsp3) is 0.105. The standard InChI is InChI=1S/C19H17N3O3/c23-18(10-8-15-5-2-1-3-6-15)20-12-13-22-19(24)11-9-16(21-22)17-7-4-14-25-17/h1-11,14H,12-13H2,(H,20,23)/b10-8+. The molecule has 0 radical (unpaired) electrons. The lowest BCUT2D eigenvalue weighted by Crippen LogP contribution is -2.31. The summed E-state index contributed by atoms with van der Waals surface area (Å²) in [7, 11) is 0. The number of nitrogens with one attached hydrogen (secondary N) is 1. The Balaban J connectivity index is 1.57. The van der Waals surface area contributed by atoms with Crippen molar-refractivity contribution in [2.75, 3.05) is 6.54 Å². The summed E-state index contributed by atoms with van der Waals surface area (Å²) in [6.45, 7) is 0.574. The lowest BCUT2D eigenvalue weighted by atomic mass is 10.2. The first kappa shape index (κ1) is 16.4. The molecule has 0 aliphatic rings. The Morgan fingerprint density at radius 3 is 2.72 bits per heavy atom. The van der Waals surface area contributed by atoms with Crippen LogP contribution in [-0.2, 0) is 11.3 Å². The van der Waals surface area contributed by atoms with Crippen LogP contribution in [0.25, 0.3) is 17.5 Å². The van der Waals surface area contributed by atoms with E-state index in [9.17, 15) is 9.59 Å². The third kappa shape index (κ3) is 4.54. The van der Waals surface area contributed by atoms with Crippen LogP contribution >= 0.6 is 0 Å². The topological polar surface area (TPSA) is 77.1 Å². The molecule has 0 aliphatic carbocycles. The van der Waals surface area contributed by atoms with Crippen LogP contribution in [-0.4, -0.2) is 22.2 Å². The van der Waals surface area contributed by atoms with Gasteiger partial charge in [0.15, 0.2) is 5.76 Å². The van der Waals surface area contributed by atoms with Gasteiger partial charge in [0.1, 0.15) is 5.69 Å². The Kier molecular flexibility index (Phi) is 5.21. The number of benzene rings is 1. The maximum Gasteiger partial charge on any atom is 0.266 e. The number of nitrogens with zero attached hydrogens (tertiary/aromatic N) is 2. The SMILES string of the molecule is O=C(/C=C/c1ccccc1)NCCn1nc(-c2ccco2)ccc1=O. The molecular formula is C19H17N3O3. The number of amides is 1. The first-order valence-electron chi connectivity index (χ1n) is 7.85. The lowest BCUT2D eigenvalue weighted by Gasteiger charge is -2.06. The van der Waals surface area contributed by atoms with E-state index < -0.39 is 0 Å². The van der Waals surface area contributed by atoms with E-state index in [1.807, 2.05) is 30.3 Å². The van der Waals surface area contributed by atoms with Gasteiger partial charge in [0.2, 0.25) is 5.91 Å². The third-order valence-electron chi connectivity index (χ3n) is 3.49. The number of furan rings is 1. The second-order valence-corrected chi connectivity index (χ2v) is 5.29. The molecule has 0 spiro atoms. The molecule has 0 fully saturated rings. The van der Waals surface area contributed by atoms with Crippen LogP contribution in [0.5, 0.6) is 0 Å². The summed E-state index contributed by atoms with van der Waals surface area (Å²) in [5.74, 6) is 0.364. The molecular weight excluding hydrogens is 318 g/mol. The second-order valence-electron chi connectivity index (χ2n) is 5.29. The molecule has 3 rings (SSSR count). The van der Waals surface area contributed by atoms with Crippen LogP contribution in [0.15, 0.2) is 76.1 Å². The van der Waals surface area contributed by atoms with Gasteiger partial charge < -0.3 is 9.73 Å². The molecule has 6 nitrogen and oxygen atoms in total. The van der Waals surface area contributed by atoms with Gasteiger partial charge in [-0.15, -0.1) is 0 Å². The van der Waals surface area contributed by atoms with Crippen molar-refractivity contribution < 1.29 is 9.21 Å². The fourth-order valence-electron chi connectivity index (χ4n) is 2.24. The van der Waals surface area contributed by atoms with Gasteiger partial charge >= 0.3 is 0 Å².